The first-order valence-electron chi connectivity index (χ1n) is 5.02. The molecule has 0 heterocycles. The van der Waals surface area contributed by atoms with Crippen molar-refractivity contribution in [2.45, 2.75) is 13.5 Å². The van der Waals surface area contributed by atoms with Crippen LogP contribution >= 0.6 is 0 Å². The maximum atomic E-state index is 5.12. The summed E-state index contributed by atoms with van der Waals surface area (Å²) < 4.78 is 6.14. The average molecular weight is 194 g/mol. The molecule has 0 aliphatic carbocycles. The average Bonchev–Trinajstić information content (AvgIpc) is 2.19. The van der Waals surface area contributed by atoms with Crippen LogP contribution in [0.15, 0.2) is 24.3 Å². The summed E-state index contributed by atoms with van der Waals surface area (Å²) in [6.07, 6.45) is 0. The van der Waals surface area contributed by atoms with Gasteiger partial charge in [-0.15, -0.1) is 0 Å². The van der Waals surface area contributed by atoms with Crippen molar-refractivity contribution < 1.29 is 9.22 Å². The third-order valence-corrected chi connectivity index (χ3v) is 2.63. The van der Waals surface area contributed by atoms with E-state index in [2.05, 4.69) is 33.2 Å². The lowest BCUT2D eigenvalue weighted by atomic mass is 10.2. The normalized spacial score (nSPS) is 11.4. The minimum Gasteiger partial charge on any atom is -0.497 e. The Hall–Kier alpha value is -1.02. The summed E-state index contributed by atoms with van der Waals surface area (Å²) in [6.45, 7) is 4.43. The Labute approximate surface area is 86.7 Å². The Morgan fingerprint density at radius 2 is 1.71 bits per heavy atom. The van der Waals surface area contributed by atoms with E-state index in [0.717, 1.165) is 23.3 Å². The van der Waals surface area contributed by atoms with Crippen LogP contribution in [0.3, 0.4) is 0 Å². The highest BCUT2D eigenvalue weighted by atomic mass is 16.5. The Morgan fingerprint density at radius 3 is 2.14 bits per heavy atom. The molecular formula is C12H20NO+. The fourth-order valence-electron chi connectivity index (χ4n) is 1.34. The van der Waals surface area contributed by atoms with Crippen molar-refractivity contribution in [2.75, 3.05) is 27.7 Å². The number of rotatable bonds is 4. The van der Waals surface area contributed by atoms with Crippen molar-refractivity contribution >= 4 is 0 Å². The first-order chi connectivity index (χ1) is 6.57. The molecule has 0 aromatic heterocycles. The number of methoxy groups -OCH3 is 1. The predicted octanol–water partition coefficient (Wildman–Crippen LogP) is 2.29. The second-order valence-corrected chi connectivity index (χ2v) is 4.26. The molecule has 1 aromatic carbocycles. The Kier molecular flexibility index (Phi) is 3.53. The van der Waals surface area contributed by atoms with Gasteiger partial charge in [0, 0.05) is 5.56 Å². The summed E-state index contributed by atoms with van der Waals surface area (Å²) in [6, 6.07) is 8.30. The lowest BCUT2D eigenvalue weighted by Crippen LogP contribution is -2.38. The molecule has 0 aliphatic rings. The largest absolute Gasteiger partial charge is 0.497 e. The molecule has 0 N–H and O–H groups in total. The summed E-state index contributed by atoms with van der Waals surface area (Å²) in [5, 5.41) is 0. The Balaban J connectivity index is 2.69. The van der Waals surface area contributed by atoms with Crippen LogP contribution in [0.1, 0.15) is 12.5 Å². The second kappa shape index (κ2) is 4.47. The van der Waals surface area contributed by atoms with Gasteiger partial charge in [0.2, 0.25) is 0 Å². The van der Waals surface area contributed by atoms with Gasteiger partial charge in [-0.25, -0.2) is 0 Å². The molecule has 2 heteroatoms. The first-order valence-corrected chi connectivity index (χ1v) is 5.02. The molecule has 0 atom stereocenters. The Morgan fingerprint density at radius 1 is 1.14 bits per heavy atom. The molecule has 0 unspecified atom stereocenters. The standard InChI is InChI=1S/C12H20NO/c1-5-13(2,3)10-11-6-8-12(14-4)9-7-11/h6-9H,5,10H2,1-4H3/q+1. The van der Waals surface area contributed by atoms with Crippen LogP contribution in [-0.2, 0) is 6.54 Å². The van der Waals surface area contributed by atoms with Crippen LogP contribution in [0.4, 0.5) is 0 Å². The lowest BCUT2D eigenvalue weighted by molar-refractivity contribution is -0.901. The minimum absolute atomic E-state index is 0.926. The number of hydrogen-bond donors (Lipinski definition) is 0. The van der Waals surface area contributed by atoms with Gasteiger partial charge < -0.3 is 9.22 Å². The van der Waals surface area contributed by atoms with Crippen LogP contribution in [-0.4, -0.2) is 32.2 Å². The first kappa shape index (κ1) is 11.1. The van der Waals surface area contributed by atoms with Crippen molar-refractivity contribution in [3.05, 3.63) is 29.8 Å². The number of nitrogens with zero attached hydrogens (tertiary/aromatic N) is 1. The highest BCUT2D eigenvalue weighted by Crippen LogP contribution is 2.14. The van der Waals surface area contributed by atoms with E-state index in [9.17, 15) is 0 Å². The molecular weight excluding hydrogens is 174 g/mol. The van der Waals surface area contributed by atoms with E-state index >= 15 is 0 Å². The van der Waals surface area contributed by atoms with Crippen molar-refractivity contribution in [1.82, 2.24) is 0 Å². The minimum atomic E-state index is 0.926. The SMILES string of the molecule is CC[N+](C)(C)Cc1ccc(OC)cc1. The van der Waals surface area contributed by atoms with Gasteiger partial charge in [0.25, 0.3) is 0 Å². The van der Waals surface area contributed by atoms with Gasteiger partial charge in [0.15, 0.2) is 0 Å². The highest BCUT2D eigenvalue weighted by Gasteiger charge is 2.12. The van der Waals surface area contributed by atoms with Crippen LogP contribution in [0, 0.1) is 0 Å². The van der Waals surface area contributed by atoms with Gasteiger partial charge in [0.1, 0.15) is 12.3 Å². The summed E-state index contributed by atoms with van der Waals surface area (Å²) in [4.78, 5) is 0. The maximum Gasteiger partial charge on any atom is 0.118 e. The van der Waals surface area contributed by atoms with Crippen LogP contribution in [0.5, 0.6) is 5.75 Å². The smallest absolute Gasteiger partial charge is 0.118 e. The van der Waals surface area contributed by atoms with Gasteiger partial charge in [0.05, 0.1) is 27.7 Å². The number of hydrogen-bond acceptors (Lipinski definition) is 1. The molecule has 2 nitrogen and oxygen atoms in total. The number of benzene rings is 1. The zero-order valence-corrected chi connectivity index (χ0v) is 9.58. The second-order valence-electron chi connectivity index (χ2n) is 4.26. The van der Waals surface area contributed by atoms with E-state index in [4.69, 9.17) is 4.74 Å². The zero-order valence-electron chi connectivity index (χ0n) is 9.58. The molecule has 0 radical (unpaired) electrons. The van der Waals surface area contributed by atoms with E-state index in [1.165, 1.54) is 5.56 Å². The topological polar surface area (TPSA) is 9.23 Å². The van der Waals surface area contributed by atoms with E-state index < -0.39 is 0 Å². The molecule has 0 saturated heterocycles. The van der Waals surface area contributed by atoms with Gasteiger partial charge in [-0.2, -0.15) is 0 Å². The van der Waals surface area contributed by atoms with Crippen LogP contribution in [0.2, 0.25) is 0 Å². The van der Waals surface area contributed by atoms with Crippen molar-refractivity contribution in [3.8, 4) is 5.75 Å². The maximum absolute atomic E-state index is 5.12. The molecule has 0 spiro atoms. The third kappa shape index (κ3) is 3.04. The van der Waals surface area contributed by atoms with E-state index in [0.29, 0.717) is 0 Å². The molecule has 0 bridgehead atoms. The fraction of sp³-hybridized carbons (Fsp3) is 0.500. The van der Waals surface area contributed by atoms with Gasteiger partial charge in [-0.3, -0.25) is 0 Å². The molecule has 0 saturated carbocycles. The highest BCUT2D eigenvalue weighted by molar-refractivity contribution is 5.26. The summed E-state index contributed by atoms with van der Waals surface area (Å²) in [5.41, 5.74) is 1.36. The van der Waals surface area contributed by atoms with Crippen molar-refractivity contribution in [2.24, 2.45) is 0 Å². The van der Waals surface area contributed by atoms with Gasteiger partial charge >= 0.3 is 0 Å². The monoisotopic (exact) mass is 194 g/mol. The molecule has 14 heavy (non-hydrogen) atoms. The van der Waals surface area contributed by atoms with E-state index in [-0.39, 0.29) is 0 Å². The quantitative estimate of drug-likeness (QED) is 0.668. The van der Waals surface area contributed by atoms with Gasteiger partial charge in [-0.05, 0) is 31.2 Å². The van der Waals surface area contributed by atoms with E-state index in [1.807, 2.05) is 12.1 Å². The third-order valence-electron chi connectivity index (χ3n) is 2.63. The molecule has 1 aromatic rings. The molecule has 78 valence electrons. The predicted molar refractivity (Wildman–Crippen MR) is 59.3 cm³/mol. The van der Waals surface area contributed by atoms with Gasteiger partial charge in [-0.1, -0.05) is 0 Å². The molecule has 0 aliphatic heterocycles. The summed E-state index contributed by atoms with van der Waals surface area (Å²) in [5.74, 6) is 0.926. The van der Waals surface area contributed by atoms with Crippen molar-refractivity contribution in [3.63, 3.8) is 0 Å². The summed E-state index contributed by atoms with van der Waals surface area (Å²) >= 11 is 0. The fourth-order valence-corrected chi connectivity index (χ4v) is 1.34. The van der Waals surface area contributed by atoms with E-state index in [1.54, 1.807) is 7.11 Å². The molecule has 1 rings (SSSR count). The van der Waals surface area contributed by atoms with Crippen molar-refractivity contribution in [1.29, 1.82) is 0 Å². The molecule has 0 fully saturated rings. The molecule has 0 amide bonds. The summed E-state index contributed by atoms with van der Waals surface area (Å²) in [7, 11) is 6.18. The van der Waals surface area contributed by atoms with Crippen LogP contribution < -0.4 is 4.74 Å². The number of ether oxygens (including phenoxy) is 1. The van der Waals surface area contributed by atoms with Crippen LogP contribution in [0.25, 0.3) is 0 Å². The Bertz CT molecular complexity index is 277. The zero-order chi connectivity index (χ0) is 10.6. The number of quaternary nitrogens is 1. The lowest BCUT2D eigenvalue weighted by Gasteiger charge is -2.28.